The van der Waals surface area contributed by atoms with Crippen LogP contribution >= 0.6 is 15.9 Å². The summed E-state index contributed by atoms with van der Waals surface area (Å²) in [4.78, 5) is 12.0. The van der Waals surface area contributed by atoms with E-state index in [0.717, 1.165) is 26.5 Å². The lowest BCUT2D eigenvalue weighted by Gasteiger charge is -2.07. The van der Waals surface area contributed by atoms with Gasteiger partial charge in [-0.2, -0.15) is 5.10 Å². The first kappa shape index (κ1) is 17.4. The molecule has 0 unspecified atom stereocenters. The van der Waals surface area contributed by atoms with Crippen molar-refractivity contribution in [2.45, 2.75) is 0 Å². The van der Waals surface area contributed by atoms with Crippen molar-refractivity contribution < 1.29 is 14.3 Å². The van der Waals surface area contributed by atoms with Gasteiger partial charge in [0.25, 0.3) is 5.91 Å². The number of carbonyl (C=O) groups is 1. The number of benzene rings is 3. The van der Waals surface area contributed by atoms with E-state index in [1.54, 1.807) is 12.3 Å². The molecule has 0 aromatic heterocycles. The van der Waals surface area contributed by atoms with E-state index < -0.39 is 0 Å². The van der Waals surface area contributed by atoms with Gasteiger partial charge in [-0.05, 0) is 51.0 Å². The minimum atomic E-state index is -0.240. The number of hydrazone groups is 1. The lowest BCUT2D eigenvalue weighted by atomic mass is 10.1. The third kappa shape index (κ3) is 4.03. The van der Waals surface area contributed by atoms with Crippen LogP contribution in [0.15, 0.2) is 64.2 Å². The molecular formula is C20H16BrN3O3. The molecule has 3 aromatic rings. The molecule has 0 saturated carbocycles. The quantitative estimate of drug-likeness (QED) is 0.480. The van der Waals surface area contributed by atoms with Crippen molar-refractivity contribution in [3.05, 3.63) is 64.6 Å². The third-order valence-corrected chi connectivity index (χ3v) is 4.77. The van der Waals surface area contributed by atoms with E-state index in [0.29, 0.717) is 11.5 Å². The Morgan fingerprint density at radius 1 is 1.07 bits per heavy atom. The van der Waals surface area contributed by atoms with Crippen molar-refractivity contribution in [3.63, 3.8) is 0 Å². The van der Waals surface area contributed by atoms with Crippen LogP contribution in [-0.4, -0.2) is 25.5 Å². The Morgan fingerprint density at radius 2 is 1.85 bits per heavy atom. The molecule has 1 aliphatic rings. The molecule has 1 amide bonds. The largest absolute Gasteiger partial charge is 0.454 e. The molecule has 0 spiro atoms. The number of rotatable bonds is 5. The summed E-state index contributed by atoms with van der Waals surface area (Å²) < 4.78 is 11.4. The maximum absolute atomic E-state index is 12.0. The van der Waals surface area contributed by atoms with Crippen molar-refractivity contribution in [3.8, 4) is 11.5 Å². The first-order valence-electron chi connectivity index (χ1n) is 8.33. The SMILES string of the molecule is O=C(CNc1ccc2ccccc2c1)N/N=C/c1cc2c(cc1Br)OCO2. The topological polar surface area (TPSA) is 72.0 Å². The van der Waals surface area contributed by atoms with Crippen LogP contribution in [0.4, 0.5) is 5.69 Å². The third-order valence-electron chi connectivity index (χ3n) is 4.09. The molecule has 0 saturated heterocycles. The first-order chi connectivity index (χ1) is 13.2. The molecule has 0 bridgehead atoms. The predicted octanol–water partition coefficient (Wildman–Crippen LogP) is 3.89. The Morgan fingerprint density at radius 3 is 2.70 bits per heavy atom. The molecule has 1 aliphatic heterocycles. The van der Waals surface area contributed by atoms with Crippen LogP contribution in [0.25, 0.3) is 10.8 Å². The smallest absolute Gasteiger partial charge is 0.259 e. The summed E-state index contributed by atoms with van der Waals surface area (Å²) in [5.74, 6) is 1.10. The van der Waals surface area contributed by atoms with Gasteiger partial charge in [0.05, 0.1) is 12.8 Å². The predicted molar refractivity (Wildman–Crippen MR) is 108 cm³/mol. The monoisotopic (exact) mass is 425 g/mol. The van der Waals surface area contributed by atoms with Crippen LogP contribution in [0.1, 0.15) is 5.56 Å². The highest BCUT2D eigenvalue weighted by Gasteiger charge is 2.15. The van der Waals surface area contributed by atoms with E-state index in [2.05, 4.69) is 37.8 Å². The highest BCUT2D eigenvalue weighted by molar-refractivity contribution is 9.10. The van der Waals surface area contributed by atoms with Gasteiger partial charge in [-0.25, -0.2) is 5.43 Å². The summed E-state index contributed by atoms with van der Waals surface area (Å²) in [5.41, 5.74) is 4.17. The number of anilines is 1. The van der Waals surface area contributed by atoms with E-state index in [4.69, 9.17) is 9.47 Å². The Kier molecular flexibility index (Phi) is 4.93. The molecule has 2 N–H and O–H groups in total. The fourth-order valence-corrected chi connectivity index (χ4v) is 3.15. The highest BCUT2D eigenvalue weighted by Crippen LogP contribution is 2.36. The van der Waals surface area contributed by atoms with Gasteiger partial charge in [0.2, 0.25) is 6.79 Å². The van der Waals surface area contributed by atoms with Crippen molar-refractivity contribution in [2.24, 2.45) is 5.10 Å². The van der Waals surface area contributed by atoms with E-state index >= 15 is 0 Å². The summed E-state index contributed by atoms with van der Waals surface area (Å²) >= 11 is 3.45. The van der Waals surface area contributed by atoms with Crippen molar-refractivity contribution in [2.75, 3.05) is 18.7 Å². The average molecular weight is 426 g/mol. The second kappa shape index (κ2) is 7.67. The van der Waals surface area contributed by atoms with E-state index in [9.17, 15) is 4.79 Å². The summed E-state index contributed by atoms with van der Waals surface area (Å²) in [6.07, 6.45) is 1.56. The summed E-state index contributed by atoms with van der Waals surface area (Å²) in [7, 11) is 0. The van der Waals surface area contributed by atoms with Crippen LogP contribution in [0.2, 0.25) is 0 Å². The minimum Gasteiger partial charge on any atom is -0.454 e. The van der Waals surface area contributed by atoms with Crippen LogP contribution in [0.3, 0.4) is 0 Å². The molecule has 7 heteroatoms. The number of carbonyl (C=O) groups excluding carboxylic acids is 1. The molecule has 3 aromatic carbocycles. The fraction of sp³-hybridized carbons (Fsp3) is 0.100. The van der Waals surface area contributed by atoms with Crippen molar-refractivity contribution in [1.29, 1.82) is 0 Å². The number of hydrogen-bond acceptors (Lipinski definition) is 5. The van der Waals surface area contributed by atoms with Gasteiger partial charge >= 0.3 is 0 Å². The number of nitrogens with zero attached hydrogens (tertiary/aromatic N) is 1. The zero-order valence-corrected chi connectivity index (χ0v) is 15.8. The summed E-state index contributed by atoms with van der Waals surface area (Å²) in [5, 5.41) is 9.38. The van der Waals surface area contributed by atoms with Gasteiger partial charge in [0.1, 0.15) is 0 Å². The lowest BCUT2D eigenvalue weighted by Crippen LogP contribution is -2.25. The van der Waals surface area contributed by atoms with Gasteiger partial charge in [0, 0.05) is 15.7 Å². The van der Waals surface area contributed by atoms with Crippen LogP contribution in [-0.2, 0) is 4.79 Å². The number of ether oxygens (including phenoxy) is 2. The number of halogens is 1. The van der Waals surface area contributed by atoms with Gasteiger partial charge in [-0.15, -0.1) is 0 Å². The molecule has 27 heavy (non-hydrogen) atoms. The molecule has 6 nitrogen and oxygen atoms in total. The second-order valence-corrected chi connectivity index (χ2v) is 6.79. The Bertz CT molecular complexity index is 1040. The molecule has 0 fully saturated rings. The zero-order chi connectivity index (χ0) is 18.6. The lowest BCUT2D eigenvalue weighted by molar-refractivity contribution is -0.119. The van der Waals surface area contributed by atoms with E-state index in [1.807, 2.05) is 42.5 Å². The van der Waals surface area contributed by atoms with Crippen LogP contribution in [0, 0.1) is 0 Å². The Balaban J connectivity index is 1.33. The van der Waals surface area contributed by atoms with Crippen LogP contribution in [0.5, 0.6) is 11.5 Å². The molecule has 0 aliphatic carbocycles. The average Bonchev–Trinajstić information content (AvgIpc) is 3.13. The van der Waals surface area contributed by atoms with Gasteiger partial charge in [-0.3, -0.25) is 4.79 Å². The van der Waals surface area contributed by atoms with Crippen LogP contribution < -0.4 is 20.2 Å². The number of hydrogen-bond donors (Lipinski definition) is 2. The van der Waals surface area contributed by atoms with E-state index in [1.165, 1.54) is 0 Å². The molecular weight excluding hydrogens is 410 g/mol. The number of fused-ring (bicyclic) bond motifs is 2. The molecule has 1 heterocycles. The van der Waals surface area contributed by atoms with E-state index in [-0.39, 0.29) is 19.2 Å². The Labute approximate surface area is 164 Å². The zero-order valence-electron chi connectivity index (χ0n) is 14.2. The molecule has 0 radical (unpaired) electrons. The normalized spacial score (nSPS) is 12.5. The summed E-state index contributed by atoms with van der Waals surface area (Å²) in [6.45, 7) is 0.331. The standard InChI is InChI=1S/C20H16BrN3O3/c21-17-9-19-18(26-12-27-19)8-15(17)10-23-24-20(25)11-22-16-6-5-13-3-1-2-4-14(13)7-16/h1-10,22H,11-12H2,(H,24,25)/b23-10+. The fourth-order valence-electron chi connectivity index (χ4n) is 2.73. The first-order valence-corrected chi connectivity index (χ1v) is 9.12. The maximum atomic E-state index is 12.0. The second-order valence-electron chi connectivity index (χ2n) is 5.94. The highest BCUT2D eigenvalue weighted by atomic mass is 79.9. The number of nitrogens with one attached hydrogen (secondary N) is 2. The minimum absolute atomic E-state index is 0.123. The maximum Gasteiger partial charge on any atom is 0.259 e. The van der Waals surface area contributed by atoms with Gasteiger partial charge in [-0.1, -0.05) is 30.3 Å². The van der Waals surface area contributed by atoms with Crippen molar-refractivity contribution in [1.82, 2.24) is 5.43 Å². The molecule has 136 valence electrons. The molecule has 0 atom stereocenters. The van der Waals surface area contributed by atoms with Crippen molar-refractivity contribution >= 4 is 44.5 Å². The molecule has 4 rings (SSSR count). The van der Waals surface area contributed by atoms with Gasteiger partial charge < -0.3 is 14.8 Å². The van der Waals surface area contributed by atoms with Gasteiger partial charge in [0.15, 0.2) is 11.5 Å². The number of amides is 1. The Hall–Kier alpha value is -3.06. The summed E-state index contributed by atoms with van der Waals surface area (Å²) in [6, 6.07) is 17.7.